The molecule has 0 aromatic carbocycles. The Labute approximate surface area is 276 Å². The number of unbranched alkanes of at least 4 members (excludes halogenated alkanes) is 16. The molecule has 4 atom stereocenters. The number of aliphatic hydroxyl groups is 3. The molecular weight excluding hydrogens is 568 g/mol. The van der Waals surface area contributed by atoms with Gasteiger partial charge in [0, 0.05) is 12.8 Å². The molecule has 0 aromatic rings. The maximum atomic E-state index is 12.1. The summed E-state index contributed by atoms with van der Waals surface area (Å²) in [6.07, 6.45) is 27.2. The second-order valence-electron chi connectivity index (χ2n) is 13.2. The van der Waals surface area contributed by atoms with Crippen LogP contribution in [-0.2, 0) is 19.1 Å². The molecule has 0 aliphatic heterocycles. The zero-order valence-corrected chi connectivity index (χ0v) is 29.5. The fourth-order valence-electron chi connectivity index (χ4n) is 5.38. The van der Waals surface area contributed by atoms with Crippen molar-refractivity contribution in [3.8, 4) is 0 Å². The van der Waals surface area contributed by atoms with Crippen LogP contribution in [0.2, 0.25) is 0 Å². The summed E-state index contributed by atoms with van der Waals surface area (Å²) in [6.45, 7) is 6.30. The number of rotatable bonds is 33. The van der Waals surface area contributed by atoms with E-state index >= 15 is 0 Å². The lowest BCUT2D eigenvalue weighted by Gasteiger charge is -2.16. The number of esters is 2. The molecule has 0 radical (unpaired) electrons. The number of allylic oxidation sites excluding steroid dienone is 1. The molecule has 7 nitrogen and oxygen atoms in total. The van der Waals surface area contributed by atoms with Gasteiger partial charge in [-0.15, -0.1) is 0 Å². The van der Waals surface area contributed by atoms with E-state index in [4.69, 9.17) is 9.47 Å². The zero-order chi connectivity index (χ0) is 33.4. The normalized spacial score (nSPS) is 14.4. The lowest BCUT2D eigenvalue weighted by Crippen LogP contribution is -2.28. The second kappa shape index (κ2) is 32.5. The SMILES string of the molecule is CCCCC/C=C\C[C@@H](O)[C@H](O)CCCCCCCC(=O)OC[C@H](CO)OC(=O)CCCCCCCCCCCCC(C)CC. The van der Waals surface area contributed by atoms with Gasteiger partial charge < -0.3 is 24.8 Å². The Hall–Kier alpha value is -1.44. The highest BCUT2D eigenvalue weighted by Crippen LogP contribution is 2.16. The highest BCUT2D eigenvalue weighted by molar-refractivity contribution is 5.70. The summed E-state index contributed by atoms with van der Waals surface area (Å²) >= 11 is 0. The van der Waals surface area contributed by atoms with Gasteiger partial charge >= 0.3 is 11.9 Å². The predicted molar refractivity (Wildman–Crippen MR) is 185 cm³/mol. The maximum absolute atomic E-state index is 12.1. The van der Waals surface area contributed by atoms with Gasteiger partial charge in [0.05, 0.1) is 18.8 Å². The molecule has 0 rings (SSSR count). The smallest absolute Gasteiger partial charge is 0.306 e. The van der Waals surface area contributed by atoms with Crippen molar-refractivity contribution in [1.29, 1.82) is 0 Å². The highest BCUT2D eigenvalue weighted by Gasteiger charge is 2.16. The maximum Gasteiger partial charge on any atom is 0.306 e. The van der Waals surface area contributed by atoms with E-state index in [2.05, 4.69) is 26.8 Å². The van der Waals surface area contributed by atoms with Crippen LogP contribution in [0.5, 0.6) is 0 Å². The van der Waals surface area contributed by atoms with E-state index in [1.54, 1.807) is 0 Å². The summed E-state index contributed by atoms with van der Waals surface area (Å²) in [6, 6.07) is 0. The van der Waals surface area contributed by atoms with Crippen LogP contribution in [-0.4, -0.2) is 58.8 Å². The Morgan fingerprint density at radius 1 is 0.644 bits per heavy atom. The molecule has 0 aliphatic rings. The number of carbonyl (C=O) groups is 2. The molecule has 0 aromatic heterocycles. The Morgan fingerprint density at radius 2 is 1.18 bits per heavy atom. The Kier molecular flexibility index (Phi) is 31.5. The molecule has 3 N–H and O–H groups in total. The van der Waals surface area contributed by atoms with Crippen molar-refractivity contribution in [2.45, 2.75) is 200 Å². The summed E-state index contributed by atoms with van der Waals surface area (Å²) in [5, 5.41) is 29.8. The highest BCUT2D eigenvalue weighted by atomic mass is 16.6. The third-order valence-electron chi connectivity index (χ3n) is 8.80. The van der Waals surface area contributed by atoms with E-state index in [1.807, 2.05) is 6.08 Å². The third kappa shape index (κ3) is 29.7. The van der Waals surface area contributed by atoms with Crippen LogP contribution in [0.15, 0.2) is 12.2 Å². The summed E-state index contributed by atoms with van der Waals surface area (Å²) in [5.74, 6) is 0.167. The molecule has 0 saturated heterocycles. The van der Waals surface area contributed by atoms with Crippen LogP contribution in [0.4, 0.5) is 0 Å². The fraction of sp³-hybridized carbons (Fsp3) is 0.895. The molecule has 266 valence electrons. The zero-order valence-electron chi connectivity index (χ0n) is 29.5. The quantitative estimate of drug-likeness (QED) is 0.0372. The molecule has 1 unspecified atom stereocenters. The molecule has 0 fully saturated rings. The van der Waals surface area contributed by atoms with Gasteiger partial charge in [-0.05, 0) is 44.4 Å². The van der Waals surface area contributed by atoms with Crippen molar-refractivity contribution < 1.29 is 34.4 Å². The first-order valence-corrected chi connectivity index (χ1v) is 18.8. The molecule has 0 amide bonds. The Balaban J connectivity index is 3.69. The van der Waals surface area contributed by atoms with Gasteiger partial charge in [0.25, 0.3) is 0 Å². The molecule has 0 saturated carbocycles. The number of aliphatic hydroxyl groups excluding tert-OH is 3. The van der Waals surface area contributed by atoms with Crippen LogP contribution in [0, 0.1) is 5.92 Å². The molecule has 7 heteroatoms. The summed E-state index contributed by atoms with van der Waals surface area (Å²) in [4.78, 5) is 24.2. The predicted octanol–water partition coefficient (Wildman–Crippen LogP) is 9.14. The van der Waals surface area contributed by atoms with E-state index in [0.29, 0.717) is 25.7 Å². The summed E-state index contributed by atoms with van der Waals surface area (Å²) < 4.78 is 10.5. The van der Waals surface area contributed by atoms with Crippen LogP contribution in [0.3, 0.4) is 0 Å². The largest absolute Gasteiger partial charge is 0.462 e. The van der Waals surface area contributed by atoms with Gasteiger partial charge in [-0.1, -0.05) is 142 Å². The van der Waals surface area contributed by atoms with E-state index in [0.717, 1.165) is 57.3 Å². The number of hydrogen-bond donors (Lipinski definition) is 3. The third-order valence-corrected chi connectivity index (χ3v) is 8.80. The first-order valence-electron chi connectivity index (χ1n) is 18.8. The standard InChI is InChI=1S/C38H72O7/c1-4-6-7-8-17-22-27-35(40)36(41)28-23-18-15-20-24-29-37(42)44-32-34(31-39)45-38(43)30-25-19-14-12-10-9-11-13-16-21-26-33(3)5-2/h17,22,33-36,39-41H,4-16,18-21,23-32H2,1-3H3/b22-17-/t33?,34-,35+,36+/m0/s1. The topological polar surface area (TPSA) is 113 Å². The average Bonchev–Trinajstić information content (AvgIpc) is 3.04. The van der Waals surface area contributed by atoms with Gasteiger partial charge in [-0.25, -0.2) is 0 Å². The lowest BCUT2D eigenvalue weighted by molar-refractivity contribution is -0.161. The number of ether oxygens (including phenoxy) is 2. The summed E-state index contributed by atoms with van der Waals surface area (Å²) in [7, 11) is 0. The van der Waals surface area contributed by atoms with Gasteiger partial charge in [0.1, 0.15) is 6.61 Å². The van der Waals surface area contributed by atoms with Crippen LogP contribution in [0.25, 0.3) is 0 Å². The molecule has 0 heterocycles. The van der Waals surface area contributed by atoms with Crippen LogP contribution in [0.1, 0.15) is 181 Å². The molecule has 0 spiro atoms. The van der Waals surface area contributed by atoms with E-state index < -0.39 is 18.3 Å². The number of hydrogen-bond acceptors (Lipinski definition) is 7. The Bertz CT molecular complexity index is 696. The first-order chi connectivity index (χ1) is 21.8. The van der Waals surface area contributed by atoms with Crippen molar-refractivity contribution >= 4 is 11.9 Å². The second-order valence-corrected chi connectivity index (χ2v) is 13.2. The first kappa shape index (κ1) is 43.6. The molecular formula is C38H72O7. The van der Waals surface area contributed by atoms with Crippen molar-refractivity contribution in [3.63, 3.8) is 0 Å². The van der Waals surface area contributed by atoms with Gasteiger partial charge in [0.15, 0.2) is 6.10 Å². The van der Waals surface area contributed by atoms with Crippen molar-refractivity contribution in [2.75, 3.05) is 13.2 Å². The van der Waals surface area contributed by atoms with E-state index in [-0.39, 0.29) is 31.6 Å². The molecule has 45 heavy (non-hydrogen) atoms. The van der Waals surface area contributed by atoms with E-state index in [9.17, 15) is 24.9 Å². The van der Waals surface area contributed by atoms with Crippen LogP contribution < -0.4 is 0 Å². The molecule has 0 aliphatic carbocycles. The monoisotopic (exact) mass is 641 g/mol. The summed E-state index contributed by atoms with van der Waals surface area (Å²) in [5.41, 5.74) is 0. The minimum absolute atomic E-state index is 0.118. The van der Waals surface area contributed by atoms with Crippen LogP contribution >= 0.6 is 0 Å². The molecule has 0 bridgehead atoms. The lowest BCUT2D eigenvalue weighted by atomic mass is 9.99. The van der Waals surface area contributed by atoms with Crippen molar-refractivity contribution in [1.82, 2.24) is 0 Å². The minimum atomic E-state index is -0.815. The average molecular weight is 641 g/mol. The fourth-order valence-corrected chi connectivity index (χ4v) is 5.38. The van der Waals surface area contributed by atoms with E-state index in [1.165, 1.54) is 77.0 Å². The van der Waals surface area contributed by atoms with Gasteiger partial charge in [0.2, 0.25) is 0 Å². The van der Waals surface area contributed by atoms with Gasteiger partial charge in [-0.2, -0.15) is 0 Å². The minimum Gasteiger partial charge on any atom is -0.462 e. The van der Waals surface area contributed by atoms with Gasteiger partial charge in [-0.3, -0.25) is 9.59 Å². The number of carbonyl (C=O) groups excluding carboxylic acids is 2. The Morgan fingerprint density at radius 3 is 1.73 bits per heavy atom. The van der Waals surface area contributed by atoms with Crippen molar-refractivity contribution in [2.24, 2.45) is 5.92 Å². The van der Waals surface area contributed by atoms with Crippen molar-refractivity contribution in [3.05, 3.63) is 12.2 Å².